The summed E-state index contributed by atoms with van der Waals surface area (Å²) in [5.74, 6) is 0. The molecule has 1 heterocycles. The fraction of sp³-hybridized carbons (Fsp3) is 0.600. The van der Waals surface area contributed by atoms with Crippen molar-refractivity contribution in [2.45, 2.75) is 44.2 Å². The molecule has 1 aromatic carbocycles. The molecule has 6 heteroatoms. The van der Waals surface area contributed by atoms with Crippen molar-refractivity contribution in [2.24, 2.45) is 0 Å². The van der Waals surface area contributed by atoms with E-state index in [4.69, 9.17) is 8.92 Å². The minimum atomic E-state index is -3.72. The predicted octanol–water partition coefficient (Wildman–Crippen LogP) is 2.16. The third kappa shape index (κ3) is 4.26. The molecule has 0 amide bonds. The predicted molar refractivity (Wildman–Crippen MR) is 80.5 cm³/mol. The van der Waals surface area contributed by atoms with E-state index in [1.54, 1.807) is 24.3 Å². The van der Waals surface area contributed by atoms with E-state index in [0.29, 0.717) is 13.3 Å². The van der Waals surface area contributed by atoms with Gasteiger partial charge < -0.3 is 4.74 Å². The second-order valence-electron chi connectivity index (χ2n) is 6.36. The number of hydrogen-bond acceptors (Lipinski definition) is 5. The molecule has 0 unspecified atom stereocenters. The molecule has 1 aromatic rings. The molecule has 1 fully saturated rings. The zero-order valence-electron chi connectivity index (χ0n) is 13.0. The average Bonchev–Trinajstić information content (AvgIpc) is 2.86. The lowest BCUT2D eigenvalue weighted by Crippen LogP contribution is -2.40. The summed E-state index contributed by atoms with van der Waals surface area (Å²) in [6.45, 7) is 9.43. The molecule has 1 aliphatic heterocycles. The Balaban J connectivity index is 1.93. The number of nitrogens with zero attached hydrogens (tertiary/aromatic N) is 1. The topological polar surface area (TPSA) is 55.8 Å². The Hall–Kier alpha value is -0.950. The molecule has 0 N–H and O–H groups in total. The van der Waals surface area contributed by atoms with Crippen molar-refractivity contribution >= 4 is 10.1 Å². The van der Waals surface area contributed by atoms with E-state index in [-0.39, 0.29) is 23.1 Å². The van der Waals surface area contributed by atoms with Crippen molar-refractivity contribution in [1.82, 2.24) is 4.90 Å². The number of aryl methyl sites for hydroxylation is 1. The van der Waals surface area contributed by atoms with Crippen LogP contribution in [0.3, 0.4) is 0 Å². The van der Waals surface area contributed by atoms with E-state index in [1.165, 1.54) is 0 Å². The maximum absolute atomic E-state index is 12.1. The summed E-state index contributed by atoms with van der Waals surface area (Å²) in [7, 11) is -3.72. The van der Waals surface area contributed by atoms with Gasteiger partial charge in [-0.05, 0) is 39.8 Å². The molecule has 0 aliphatic carbocycles. The Morgan fingerprint density at radius 1 is 1.29 bits per heavy atom. The third-order valence-electron chi connectivity index (χ3n) is 3.56. The molecular weight excluding hydrogens is 290 g/mol. The number of rotatable bonds is 4. The molecule has 1 saturated heterocycles. The molecule has 1 atom stereocenters. The highest BCUT2D eigenvalue weighted by Gasteiger charge is 2.32. The van der Waals surface area contributed by atoms with Crippen LogP contribution in [0, 0.1) is 6.92 Å². The van der Waals surface area contributed by atoms with Gasteiger partial charge in [-0.1, -0.05) is 17.7 Å². The van der Waals surface area contributed by atoms with Crippen molar-refractivity contribution in [3.8, 4) is 0 Å². The Labute approximate surface area is 127 Å². The summed E-state index contributed by atoms with van der Waals surface area (Å²) in [6.07, 6.45) is -0.218. The van der Waals surface area contributed by atoms with Crippen LogP contribution in [0.5, 0.6) is 0 Å². The normalized spacial score (nSPS) is 20.9. The zero-order valence-corrected chi connectivity index (χ0v) is 13.8. The molecule has 1 aliphatic rings. The van der Waals surface area contributed by atoms with Gasteiger partial charge in [-0.2, -0.15) is 8.42 Å². The molecule has 0 saturated carbocycles. The Morgan fingerprint density at radius 3 is 2.43 bits per heavy atom. The standard InChI is InChI=1S/C15H23NO4S/c1-12-5-7-14(8-6-12)21(17,18)20-10-13-9-16(11-19-13)15(2,3)4/h5-8,13H,9-11H2,1-4H3/t13-/m0/s1. The van der Waals surface area contributed by atoms with Crippen LogP contribution < -0.4 is 0 Å². The van der Waals surface area contributed by atoms with Gasteiger partial charge in [0.2, 0.25) is 0 Å². The van der Waals surface area contributed by atoms with E-state index in [9.17, 15) is 8.42 Å². The van der Waals surface area contributed by atoms with Gasteiger partial charge >= 0.3 is 0 Å². The SMILES string of the molecule is Cc1ccc(S(=O)(=O)OC[C@@H]2CN(C(C)(C)C)CO2)cc1. The fourth-order valence-corrected chi connectivity index (χ4v) is 2.99. The van der Waals surface area contributed by atoms with Crippen molar-refractivity contribution in [3.05, 3.63) is 29.8 Å². The van der Waals surface area contributed by atoms with Gasteiger partial charge in [-0.25, -0.2) is 0 Å². The summed E-state index contributed by atoms with van der Waals surface area (Å²) < 4.78 is 34.9. The largest absolute Gasteiger partial charge is 0.359 e. The van der Waals surface area contributed by atoms with Gasteiger partial charge in [0.1, 0.15) is 6.73 Å². The lowest BCUT2D eigenvalue weighted by Gasteiger charge is -2.29. The highest BCUT2D eigenvalue weighted by atomic mass is 32.2. The van der Waals surface area contributed by atoms with Crippen molar-refractivity contribution in [1.29, 1.82) is 0 Å². The smallest absolute Gasteiger partial charge is 0.297 e. The van der Waals surface area contributed by atoms with Crippen molar-refractivity contribution in [3.63, 3.8) is 0 Å². The second-order valence-corrected chi connectivity index (χ2v) is 7.98. The van der Waals surface area contributed by atoms with Crippen LogP contribution in [0.15, 0.2) is 29.2 Å². The Bertz CT molecular complexity index is 575. The third-order valence-corrected chi connectivity index (χ3v) is 4.85. The first kappa shape index (κ1) is 16.4. The van der Waals surface area contributed by atoms with Crippen LogP contribution in [0.4, 0.5) is 0 Å². The van der Waals surface area contributed by atoms with Gasteiger partial charge in [-0.15, -0.1) is 0 Å². The number of ether oxygens (including phenoxy) is 1. The maximum atomic E-state index is 12.1. The van der Waals surface area contributed by atoms with Crippen molar-refractivity contribution < 1.29 is 17.3 Å². The minimum absolute atomic E-state index is 0.00455. The monoisotopic (exact) mass is 313 g/mol. The molecule has 21 heavy (non-hydrogen) atoms. The van der Waals surface area contributed by atoms with E-state index in [2.05, 4.69) is 25.7 Å². The Kier molecular flexibility index (Phi) is 4.72. The molecule has 0 bridgehead atoms. The van der Waals surface area contributed by atoms with Crippen LogP contribution in [0.2, 0.25) is 0 Å². The van der Waals surface area contributed by atoms with Gasteiger partial charge in [0.15, 0.2) is 0 Å². The van der Waals surface area contributed by atoms with Crippen LogP contribution in [-0.2, 0) is 19.0 Å². The van der Waals surface area contributed by atoms with Gasteiger partial charge in [0, 0.05) is 12.1 Å². The first-order valence-electron chi connectivity index (χ1n) is 7.01. The molecule has 0 spiro atoms. The van der Waals surface area contributed by atoms with Crippen LogP contribution >= 0.6 is 0 Å². The summed E-state index contributed by atoms with van der Waals surface area (Å²) in [5.41, 5.74) is 1.01. The number of hydrogen-bond donors (Lipinski definition) is 0. The summed E-state index contributed by atoms with van der Waals surface area (Å²) in [5, 5.41) is 0. The zero-order chi connectivity index (χ0) is 15.7. The van der Waals surface area contributed by atoms with Crippen LogP contribution in [0.1, 0.15) is 26.3 Å². The molecular formula is C15H23NO4S. The van der Waals surface area contributed by atoms with E-state index < -0.39 is 10.1 Å². The molecule has 118 valence electrons. The maximum Gasteiger partial charge on any atom is 0.297 e. The summed E-state index contributed by atoms with van der Waals surface area (Å²) in [6, 6.07) is 6.62. The summed E-state index contributed by atoms with van der Waals surface area (Å²) in [4.78, 5) is 2.33. The van der Waals surface area contributed by atoms with Crippen molar-refractivity contribution in [2.75, 3.05) is 19.9 Å². The average molecular weight is 313 g/mol. The minimum Gasteiger partial charge on any atom is -0.359 e. The Morgan fingerprint density at radius 2 is 1.90 bits per heavy atom. The summed E-state index contributed by atoms with van der Waals surface area (Å²) >= 11 is 0. The molecule has 5 nitrogen and oxygen atoms in total. The van der Waals surface area contributed by atoms with Crippen LogP contribution in [0.25, 0.3) is 0 Å². The molecule has 0 radical (unpaired) electrons. The fourth-order valence-electron chi connectivity index (χ4n) is 2.05. The van der Waals surface area contributed by atoms with Gasteiger partial charge in [0.05, 0.1) is 17.6 Å². The highest BCUT2D eigenvalue weighted by Crippen LogP contribution is 2.21. The van der Waals surface area contributed by atoms with Crippen LogP contribution in [-0.4, -0.2) is 44.8 Å². The lowest BCUT2D eigenvalue weighted by atomic mass is 10.1. The highest BCUT2D eigenvalue weighted by molar-refractivity contribution is 7.86. The second kappa shape index (κ2) is 6.04. The first-order chi connectivity index (χ1) is 9.68. The van der Waals surface area contributed by atoms with Gasteiger partial charge in [0.25, 0.3) is 10.1 Å². The first-order valence-corrected chi connectivity index (χ1v) is 8.42. The number of benzene rings is 1. The molecule has 0 aromatic heterocycles. The van der Waals surface area contributed by atoms with E-state index in [1.807, 2.05) is 6.92 Å². The molecule has 2 rings (SSSR count). The van der Waals surface area contributed by atoms with E-state index in [0.717, 1.165) is 5.56 Å². The van der Waals surface area contributed by atoms with E-state index >= 15 is 0 Å². The van der Waals surface area contributed by atoms with Gasteiger partial charge in [-0.3, -0.25) is 9.08 Å². The quantitative estimate of drug-likeness (QED) is 0.797. The lowest BCUT2D eigenvalue weighted by molar-refractivity contribution is 0.0441.